The van der Waals surface area contributed by atoms with Gasteiger partial charge in [0.15, 0.2) is 0 Å². The highest BCUT2D eigenvalue weighted by atomic mass is 19.4. The van der Waals surface area contributed by atoms with Crippen molar-refractivity contribution in [3.05, 3.63) is 76.3 Å². The number of aliphatic hydroxyl groups excluding tert-OH is 1. The zero-order valence-corrected chi connectivity index (χ0v) is 15.7. The van der Waals surface area contributed by atoms with E-state index >= 15 is 0 Å². The van der Waals surface area contributed by atoms with Crippen LogP contribution < -0.4 is 10.9 Å². The van der Waals surface area contributed by atoms with E-state index in [1.54, 1.807) is 37.3 Å². The number of halogens is 3. The van der Waals surface area contributed by atoms with Crippen LogP contribution in [0.5, 0.6) is 0 Å². The van der Waals surface area contributed by atoms with Crippen molar-refractivity contribution < 1.29 is 23.1 Å². The molecule has 0 fully saturated rings. The molecule has 1 aromatic carbocycles. The van der Waals surface area contributed by atoms with Crippen molar-refractivity contribution in [3.63, 3.8) is 0 Å². The first-order chi connectivity index (χ1) is 14.2. The van der Waals surface area contributed by atoms with Gasteiger partial charge in [0.05, 0.1) is 18.0 Å². The molecule has 0 saturated carbocycles. The molecule has 156 valence electrons. The number of nitrogens with zero attached hydrogens (tertiary/aromatic N) is 3. The van der Waals surface area contributed by atoms with Crippen LogP contribution in [-0.2, 0) is 6.18 Å². The van der Waals surface area contributed by atoms with E-state index in [-0.39, 0.29) is 23.4 Å². The molecule has 10 heteroatoms. The summed E-state index contributed by atoms with van der Waals surface area (Å²) in [6, 6.07) is 10.8. The van der Waals surface area contributed by atoms with Gasteiger partial charge in [0.25, 0.3) is 11.5 Å². The number of alkyl halides is 3. The monoisotopic (exact) mass is 418 g/mol. The molecule has 0 saturated heterocycles. The molecule has 30 heavy (non-hydrogen) atoms. The van der Waals surface area contributed by atoms with E-state index in [0.717, 1.165) is 23.0 Å². The van der Waals surface area contributed by atoms with Crippen LogP contribution in [0.1, 0.15) is 23.0 Å². The van der Waals surface area contributed by atoms with Gasteiger partial charge in [0, 0.05) is 17.8 Å². The lowest BCUT2D eigenvalue weighted by Gasteiger charge is -2.13. The number of para-hydroxylation sites is 1. The predicted molar refractivity (Wildman–Crippen MR) is 102 cm³/mol. The number of aliphatic hydroxyl groups is 1. The zero-order chi connectivity index (χ0) is 21.9. The fraction of sp³-hybridized carbons (Fsp3) is 0.200. The Kier molecular flexibility index (Phi) is 5.97. The van der Waals surface area contributed by atoms with E-state index in [1.165, 1.54) is 6.07 Å². The highest BCUT2D eigenvalue weighted by Crippen LogP contribution is 2.28. The summed E-state index contributed by atoms with van der Waals surface area (Å²) in [5, 5.41) is 15.8. The van der Waals surface area contributed by atoms with Crippen LogP contribution in [0.3, 0.4) is 0 Å². The molecule has 0 bridgehead atoms. The van der Waals surface area contributed by atoms with E-state index in [4.69, 9.17) is 5.11 Å². The molecule has 0 aliphatic rings. The molecular formula is C20H17F3N4O3. The van der Waals surface area contributed by atoms with Gasteiger partial charge in [-0.15, -0.1) is 0 Å². The molecule has 1 unspecified atom stereocenters. The fourth-order valence-electron chi connectivity index (χ4n) is 2.60. The third-order valence-electron chi connectivity index (χ3n) is 4.16. The molecule has 0 radical (unpaired) electrons. The second kappa shape index (κ2) is 8.46. The summed E-state index contributed by atoms with van der Waals surface area (Å²) in [7, 11) is 0. The third-order valence-corrected chi connectivity index (χ3v) is 4.16. The average Bonchev–Trinajstić information content (AvgIpc) is 2.73. The maximum Gasteiger partial charge on any atom is 0.433 e. The van der Waals surface area contributed by atoms with Crippen LogP contribution in [0, 0.1) is 0 Å². The Morgan fingerprint density at radius 2 is 1.90 bits per heavy atom. The van der Waals surface area contributed by atoms with E-state index < -0.39 is 29.4 Å². The van der Waals surface area contributed by atoms with E-state index in [2.05, 4.69) is 15.4 Å². The van der Waals surface area contributed by atoms with Crippen LogP contribution in [0.2, 0.25) is 0 Å². The van der Waals surface area contributed by atoms with Gasteiger partial charge in [-0.2, -0.15) is 23.0 Å². The van der Waals surface area contributed by atoms with Crippen LogP contribution in [0.25, 0.3) is 16.9 Å². The quantitative estimate of drug-likeness (QED) is 0.663. The molecular weight excluding hydrogens is 401 g/mol. The SMILES string of the molecule is CC(CO)NC(=O)c1cc(-c2ccc(C(F)(F)F)nc2)nn(-c2ccccc2)c1=O. The molecule has 0 aliphatic heterocycles. The van der Waals surface area contributed by atoms with Crippen molar-refractivity contribution >= 4 is 5.91 Å². The molecule has 0 aliphatic carbocycles. The van der Waals surface area contributed by atoms with Gasteiger partial charge >= 0.3 is 6.18 Å². The Morgan fingerprint density at radius 1 is 1.20 bits per heavy atom. The van der Waals surface area contributed by atoms with Crippen LogP contribution in [-0.4, -0.2) is 38.4 Å². The first-order valence-corrected chi connectivity index (χ1v) is 8.86. The minimum Gasteiger partial charge on any atom is -0.394 e. The number of amides is 1. The minimum absolute atomic E-state index is 0.0847. The number of pyridine rings is 1. The maximum absolute atomic E-state index is 12.9. The normalized spacial score (nSPS) is 12.4. The van der Waals surface area contributed by atoms with Gasteiger partial charge in [0.1, 0.15) is 11.3 Å². The van der Waals surface area contributed by atoms with Crippen molar-refractivity contribution in [1.82, 2.24) is 20.1 Å². The summed E-state index contributed by atoms with van der Waals surface area (Å²) in [5.41, 5.74) is -1.42. The van der Waals surface area contributed by atoms with Crippen LogP contribution in [0.15, 0.2) is 59.5 Å². The molecule has 3 aromatic rings. The number of aromatic nitrogens is 3. The van der Waals surface area contributed by atoms with E-state index in [1.807, 2.05) is 0 Å². The molecule has 7 nitrogen and oxygen atoms in total. The van der Waals surface area contributed by atoms with Crippen molar-refractivity contribution in [1.29, 1.82) is 0 Å². The highest BCUT2D eigenvalue weighted by molar-refractivity contribution is 5.95. The van der Waals surface area contributed by atoms with Crippen molar-refractivity contribution in [3.8, 4) is 16.9 Å². The van der Waals surface area contributed by atoms with Gasteiger partial charge in [0.2, 0.25) is 0 Å². The Bertz CT molecular complexity index is 1100. The van der Waals surface area contributed by atoms with Gasteiger partial charge < -0.3 is 10.4 Å². The summed E-state index contributed by atoms with van der Waals surface area (Å²) in [6.07, 6.45) is -3.62. The Morgan fingerprint density at radius 3 is 2.47 bits per heavy atom. The Labute approximate surface area is 168 Å². The van der Waals surface area contributed by atoms with Gasteiger partial charge in [-0.05, 0) is 37.3 Å². The van der Waals surface area contributed by atoms with E-state index in [9.17, 15) is 22.8 Å². The molecule has 2 aromatic heterocycles. The van der Waals surface area contributed by atoms with Crippen molar-refractivity contribution in [2.75, 3.05) is 6.61 Å². The number of nitrogens with one attached hydrogen (secondary N) is 1. The minimum atomic E-state index is -4.60. The molecule has 1 amide bonds. The molecule has 2 N–H and O–H groups in total. The number of carbonyl (C=O) groups excluding carboxylic acids is 1. The maximum atomic E-state index is 12.9. The average molecular weight is 418 g/mol. The smallest absolute Gasteiger partial charge is 0.394 e. The summed E-state index contributed by atoms with van der Waals surface area (Å²) in [4.78, 5) is 28.8. The van der Waals surface area contributed by atoms with Crippen LogP contribution >= 0.6 is 0 Å². The Balaban J connectivity index is 2.14. The highest BCUT2D eigenvalue weighted by Gasteiger charge is 2.32. The van der Waals surface area contributed by atoms with Gasteiger partial charge in [-0.3, -0.25) is 14.6 Å². The fourth-order valence-corrected chi connectivity index (χ4v) is 2.60. The second-order valence-electron chi connectivity index (χ2n) is 6.48. The summed E-state index contributed by atoms with van der Waals surface area (Å²) in [6.45, 7) is 1.22. The number of benzene rings is 1. The van der Waals surface area contributed by atoms with Crippen LogP contribution in [0.4, 0.5) is 13.2 Å². The van der Waals surface area contributed by atoms with Crippen molar-refractivity contribution in [2.24, 2.45) is 0 Å². The lowest BCUT2D eigenvalue weighted by molar-refractivity contribution is -0.141. The summed E-state index contributed by atoms with van der Waals surface area (Å²) >= 11 is 0. The standard InChI is InChI=1S/C20H17F3N4O3/c1-12(11-28)25-18(29)15-9-16(13-7-8-17(24-10-13)20(21,22)23)26-27(19(15)30)14-5-3-2-4-6-14/h2-10,12,28H,11H2,1H3,(H,25,29). The molecule has 0 spiro atoms. The summed E-state index contributed by atoms with van der Waals surface area (Å²) < 4.78 is 39.4. The topological polar surface area (TPSA) is 97.1 Å². The molecule has 2 heterocycles. The Hall–Kier alpha value is -3.53. The largest absolute Gasteiger partial charge is 0.433 e. The first-order valence-electron chi connectivity index (χ1n) is 8.86. The zero-order valence-electron chi connectivity index (χ0n) is 15.7. The lowest BCUT2D eigenvalue weighted by atomic mass is 10.1. The number of hydrogen-bond donors (Lipinski definition) is 2. The first kappa shape index (κ1) is 21.2. The van der Waals surface area contributed by atoms with Gasteiger partial charge in [-0.1, -0.05) is 18.2 Å². The summed E-state index contributed by atoms with van der Waals surface area (Å²) in [5.74, 6) is -0.741. The number of carbonyl (C=O) groups is 1. The van der Waals surface area contributed by atoms with Gasteiger partial charge in [-0.25, -0.2) is 0 Å². The van der Waals surface area contributed by atoms with E-state index in [0.29, 0.717) is 5.69 Å². The lowest BCUT2D eigenvalue weighted by Crippen LogP contribution is -2.39. The molecule has 3 rings (SSSR count). The second-order valence-corrected chi connectivity index (χ2v) is 6.48. The third kappa shape index (κ3) is 4.54. The molecule has 1 atom stereocenters. The van der Waals surface area contributed by atoms with Crippen molar-refractivity contribution in [2.45, 2.75) is 19.1 Å². The number of hydrogen-bond acceptors (Lipinski definition) is 5. The predicted octanol–water partition coefficient (Wildman–Crippen LogP) is 2.42. The number of rotatable bonds is 5.